The molecule has 2 heterocycles. The van der Waals surface area contributed by atoms with Gasteiger partial charge in [0.15, 0.2) is 0 Å². The van der Waals surface area contributed by atoms with Gasteiger partial charge in [-0.05, 0) is 13.0 Å². The summed E-state index contributed by atoms with van der Waals surface area (Å²) >= 11 is 0. The lowest BCUT2D eigenvalue weighted by atomic mass is 9.99. The maximum atomic E-state index is 11.8. The van der Waals surface area contributed by atoms with Gasteiger partial charge in [-0.15, -0.1) is 0 Å². The van der Waals surface area contributed by atoms with Crippen LogP contribution in [-0.2, 0) is 6.42 Å². The Bertz CT molecular complexity index is 987. The molecule has 0 fully saturated rings. The standard InChI is InChI=1S/C20H17N3O/c1-14-13-19(24)22-18-11-12-21-20(15-7-3-2-4-8-15)16-9-5-6-10-17(16)23(14)18/h2-10,13H,11-12H2,1H3. The summed E-state index contributed by atoms with van der Waals surface area (Å²) in [7, 11) is 0. The van der Waals surface area contributed by atoms with Gasteiger partial charge in [0, 0.05) is 35.9 Å². The number of para-hydroxylation sites is 1. The quantitative estimate of drug-likeness (QED) is 0.693. The maximum Gasteiger partial charge on any atom is 0.273 e. The molecule has 0 bridgehead atoms. The topological polar surface area (TPSA) is 47.2 Å². The fourth-order valence-corrected chi connectivity index (χ4v) is 3.22. The summed E-state index contributed by atoms with van der Waals surface area (Å²) in [6.07, 6.45) is 0.640. The third kappa shape index (κ3) is 2.46. The lowest BCUT2D eigenvalue weighted by Crippen LogP contribution is -2.23. The van der Waals surface area contributed by atoms with Crippen LogP contribution in [0.3, 0.4) is 0 Å². The predicted molar refractivity (Wildman–Crippen MR) is 95.2 cm³/mol. The normalized spacial score (nSPS) is 13.3. The van der Waals surface area contributed by atoms with Crippen LogP contribution < -0.4 is 5.56 Å². The number of fused-ring (bicyclic) bond motifs is 3. The summed E-state index contributed by atoms with van der Waals surface area (Å²) in [4.78, 5) is 20.8. The molecule has 0 spiro atoms. The first-order chi connectivity index (χ1) is 11.7. The summed E-state index contributed by atoms with van der Waals surface area (Å²) in [6, 6.07) is 20.0. The van der Waals surface area contributed by atoms with E-state index < -0.39 is 0 Å². The van der Waals surface area contributed by atoms with Crippen molar-refractivity contribution < 1.29 is 0 Å². The van der Waals surface area contributed by atoms with Gasteiger partial charge < -0.3 is 4.57 Å². The molecule has 4 nitrogen and oxygen atoms in total. The minimum Gasteiger partial charge on any atom is -0.302 e. The molecule has 24 heavy (non-hydrogen) atoms. The van der Waals surface area contributed by atoms with Crippen molar-refractivity contribution in [2.75, 3.05) is 6.54 Å². The van der Waals surface area contributed by atoms with Gasteiger partial charge in [0.25, 0.3) is 5.56 Å². The van der Waals surface area contributed by atoms with Gasteiger partial charge >= 0.3 is 0 Å². The highest BCUT2D eigenvalue weighted by atomic mass is 16.1. The number of aryl methyl sites for hydroxylation is 1. The van der Waals surface area contributed by atoms with Gasteiger partial charge in [-0.25, -0.2) is 0 Å². The van der Waals surface area contributed by atoms with Gasteiger partial charge in [-0.1, -0.05) is 48.5 Å². The Hall–Kier alpha value is -3.01. The van der Waals surface area contributed by atoms with E-state index in [1.54, 1.807) is 6.07 Å². The molecule has 4 rings (SSSR count). The highest BCUT2D eigenvalue weighted by molar-refractivity contribution is 6.15. The van der Waals surface area contributed by atoms with Crippen molar-refractivity contribution in [1.82, 2.24) is 9.55 Å². The molecule has 0 atom stereocenters. The van der Waals surface area contributed by atoms with Crippen molar-refractivity contribution in [3.05, 3.63) is 93.7 Å². The molecule has 1 aliphatic heterocycles. The largest absolute Gasteiger partial charge is 0.302 e. The molecule has 0 unspecified atom stereocenters. The SMILES string of the molecule is Cc1cc(=O)nc2n1-c1ccccc1C(c1ccccc1)=NCC2. The van der Waals surface area contributed by atoms with Gasteiger partial charge in [-0.3, -0.25) is 9.79 Å². The second-order valence-electron chi connectivity index (χ2n) is 5.85. The Morgan fingerprint density at radius 2 is 1.75 bits per heavy atom. The Morgan fingerprint density at radius 1 is 1.00 bits per heavy atom. The van der Waals surface area contributed by atoms with E-state index in [1.165, 1.54) is 0 Å². The highest BCUT2D eigenvalue weighted by Gasteiger charge is 2.18. The Balaban J connectivity index is 2.01. The molecule has 1 aromatic heterocycles. The molecule has 2 aromatic carbocycles. The number of aromatic nitrogens is 2. The van der Waals surface area contributed by atoms with Crippen LogP contribution in [0.5, 0.6) is 0 Å². The van der Waals surface area contributed by atoms with Crippen LogP contribution in [0.1, 0.15) is 22.6 Å². The molecule has 4 heteroatoms. The van der Waals surface area contributed by atoms with Crippen molar-refractivity contribution in [2.45, 2.75) is 13.3 Å². The highest BCUT2D eigenvalue weighted by Crippen LogP contribution is 2.23. The molecule has 0 radical (unpaired) electrons. The fraction of sp³-hybridized carbons (Fsp3) is 0.150. The zero-order valence-corrected chi connectivity index (χ0v) is 13.4. The van der Waals surface area contributed by atoms with Crippen LogP contribution >= 0.6 is 0 Å². The molecule has 0 aliphatic carbocycles. The summed E-state index contributed by atoms with van der Waals surface area (Å²) in [6.45, 7) is 2.55. The van der Waals surface area contributed by atoms with Gasteiger partial charge in [0.05, 0.1) is 11.4 Å². The number of aliphatic imine (C=N–C) groups is 1. The number of nitrogens with zero attached hydrogens (tertiary/aromatic N) is 3. The van der Waals surface area contributed by atoms with Crippen LogP contribution in [0, 0.1) is 6.92 Å². The summed E-state index contributed by atoms with van der Waals surface area (Å²) in [5, 5.41) is 0. The lowest BCUT2D eigenvalue weighted by molar-refractivity contribution is 0.765. The van der Waals surface area contributed by atoms with Gasteiger partial charge in [-0.2, -0.15) is 4.98 Å². The number of rotatable bonds is 1. The van der Waals surface area contributed by atoms with E-state index in [9.17, 15) is 4.79 Å². The van der Waals surface area contributed by atoms with Crippen molar-refractivity contribution in [2.24, 2.45) is 4.99 Å². The summed E-state index contributed by atoms with van der Waals surface area (Å²) < 4.78 is 2.08. The summed E-state index contributed by atoms with van der Waals surface area (Å²) in [5.74, 6) is 0.767. The fourth-order valence-electron chi connectivity index (χ4n) is 3.22. The number of hydrogen-bond acceptors (Lipinski definition) is 3. The third-order valence-electron chi connectivity index (χ3n) is 4.24. The number of hydrogen-bond donors (Lipinski definition) is 0. The first-order valence-electron chi connectivity index (χ1n) is 8.03. The Kier molecular flexibility index (Phi) is 3.58. The molecule has 0 amide bonds. The molecule has 0 N–H and O–H groups in total. The molecule has 3 aromatic rings. The molecule has 0 saturated heterocycles. The van der Waals surface area contributed by atoms with E-state index in [4.69, 9.17) is 4.99 Å². The lowest BCUT2D eigenvalue weighted by Gasteiger charge is -2.22. The van der Waals surface area contributed by atoms with E-state index in [-0.39, 0.29) is 5.56 Å². The van der Waals surface area contributed by atoms with Gasteiger partial charge in [0.2, 0.25) is 0 Å². The minimum atomic E-state index is -0.191. The van der Waals surface area contributed by atoms with Crippen molar-refractivity contribution >= 4 is 5.71 Å². The monoisotopic (exact) mass is 315 g/mol. The smallest absolute Gasteiger partial charge is 0.273 e. The minimum absolute atomic E-state index is 0.191. The van der Waals surface area contributed by atoms with Crippen LogP contribution in [0.15, 0.2) is 70.5 Å². The second kappa shape index (κ2) is 5.89. The van der Waals surface area contributed by atoms with Gasteiger partial charge in [0.1, 0.15) is 5.82 Å². The van der Waals surface area contributed by atoms with Crippen LogP contribution in [0.25, 0.3) is 5.69 Å². The molecule has 0 saturated carbocycles. The first kappa shape index (κ1) is 14.6. The van der Waals surface area contributed by atoms with Crippen molar-refractivity contribution in [1.29, 1.82) is 0 Å². The molecule has 118 valence electrons. The first-order valence-corrected chi connectivity index (χ1v) is 8.03. The zero-order chi connectivity index (χ0) is 16.5. The Morgan fingerprint density at radius 3 is 2.58 bits per heavy atom. The average molecular weight is 315 g/mol. The van der Waals surface area contributed by atoms with E-state index in [0.29, 0.717) is 13.0 Å². The maximum absolute atomic E-state index is 11.8. The average Bonchev–Trinajstić information content (AvgIpc) is 2.58. The van der Waals surface area contributed by atoms with Crippen molar-refractivity contribution in [3.8, 4) is 5.69 Å². The number of benzene rings is 2. The van der Waals surface area contributed by atoms with E-state index in [1.807, 2.05) is 37.3 Å². The van der Waals surface area contributed by atoms with Crippen molar-refractivity contribution in [3.63, 3.8) is 0 Å². The van der Waals surface area contributed by atoms with Crippen LogP contribution in [-0.4, -0.2) is 21.8 Å². The zero-order valence-electron chi connectivity index (χ0n) is 13.4. The second-order valence-corrected chi connectivity index (χ2v) is 5.85. The van der Waals surface area contributed by atoms with E-state index in [0.717, 1.165) is 34.0 Å². The molecule has 1 aliphatic rings. The summed E-state index contributed by atoms with van der Waals surface area (Å²) in [5.41, 5.74) is 4.85. The predicted octanol–water partition coefficient (Wildman–Crippen LogP) is 2.93. The van der Waals surface area contributed by atoms with Crippen LogP contribution in [0.4, 0.5) is 0 Å². The van der Waals surface area contributed by atoms with E-state index in [2.05, 4.69) is 33.8 Å². The van der Waals surface area contributed by atoms with E-state index >= 15 is 0 Å². The Labute approximate surface area is 140 Å². The molecular weight excluding hydrogens is 298 g/mol. The third-order valence-corrected chi connectivity index (χ3v) is 4.24. The van der Waals surface area contributed by atoms with Crippen LogP contribution in [0.2, 0.25) is 0 Å². The molecular formula is C20H17N3O.